The summed E-state index contributed by atoms with van der Waals surface area (Å²) in [5.74, 6) is 0.769. The third-order valence-corrected chi connectivity index (χ3v) is 4.08. The minimum atomic E-state index is 0.769. The highest BCUT2D eigenvalue weighted by Crippen LogP contribution is 2.20. The van der Waals surface area contributed by atoms with Crippen LogP contribution in [0.1, 0.15) is 33.1 Å². The molecule has 0 aromatic heterocycles. The average Bonchev–Trinajstić information content (AvgIpc) is 2.34. The van der Waals surface area contributed by atoms with Crippen LogP contribution < -0.4 is 5.32 Å². The largest absolute Gasteiger partial charge is 0.315 e. The highest BCUT2D eigenvalue weighted by Gasteiger charge is 2.28. The van der Waals surface area contributed by atoms with Crippen molar-refractivity contribution in [3.63, 3.8) is 0 Å². The molecule has 0 spiro atoms. The normalized spacial score (nSPS) is 27.4. The van der Waals surface area contributed by atoms with E-state index in [1.54, 1.807) is 0 Å². The number of fused-ring (bicyclic) bond motifs is 1. The quantitative estimate of drug-likeness (QED) is 0.732. The molecule has 0 saturated carbocycles. The topological polar surface area (TPSA) is 18.5 Å². The van der Waals surface area contributed by atoms with Crippen molar-refractivity contribution < 1.29 is 0 Å². The maximum absolute atomic E-state index is 3.55. The van der Waals surface area contributed by atoms with E-state index in [9.17, 15) is 0 Å². The van der Waals surface area contributed by atoms with Gasteiger partial charge in [-0.25, -0.2) is 0 Å². The zero-order chi connectivity index (χ0) is 12.1. The molecule has 2 saturated heterocycles. The smallest absolute Gasteiger partial charge is 0.0223 e. The van der Waals surface area contributed by atoms with Gasteiger partial charge in [-0.3, -0.25) is 9.80 Å². The van der Waals surface area contributed by atoms with Crippen molar-refractivity contribution in [3.05, 3.63) is 0 Å². The maximum atomic E-state index is 3.55. The Morgan fingerprint density at radius 2 is 2.06 bits per heavy atom. The molecule has 100 valence electrons. The Kier molecular flexibility index (Phi) is 5.26. The number of rotatable bonds is 5. The van der Waals surface area contributed by atoms with Gasteiger partial charge in [0, 0.05) is 38.8 Å². The lowest BCUT2D eigenvalue weighted by atomic mass is 9.99. The van der Waals surface area contributed by atoms with Gasteiger partial charge < -0.3 is 5.32 Å². The minimum absolute atomic E-state index is 0.769. The summed E-state index contributed by atoms with van der Waals surface area (Å²) in [5, 5.41) is 3.55. The molecule has 2 aliphatic rings. The standard InChI is InChI=1S/C14H29N3/c1-13(2)11-15-6-8-16-9-10-17-7-4-3-5-14(17)12-16/h13-15H,3-12H2,1-2H3. The number of hydrogen-bond acceptors (Lipinski definition) is 3. The summed E-state index contributed by atoms with van der Waals surface area (Å²) in [7, 11) is 0. The molecule has 0 aromatic rings. The summed E-state index contributed by atoms with van der Waals surface area (Å²) < 4.78 is 0. The Morgan fingerprint density at radius 1 is 1.18 bits per heavy atom. The van der Waals surface area contributed by atoms with Gasteiger partial charge in [-0.15, -0.1) is 0 Å². The number of nitrogens with one attached hydrogen (secondary N) is 1. The number of nitrogens with zero attached hydrogens (tertiary/aromatic N) is 2. The second-order valence-corrected chi connectivity index (χ2v) is 6.08. The van der Waals surface area contributed by atoms with Crippen LogP contribution in [0.4, 0.5) is 0 Å². The maximum Gasteiger partial charge on any atom is 0.0223 e. The minimum Gasteiger partial charge on any atom is -0.315 e. The van der Waals surface area contributed by atoms with Crippen molar-refractivity contribution in [1.82, 2.24) is 15.1 Å². The molecule has 1 unspecified atom stereocenters. The molecule has 0 aliphatic carbocycles. The van der Waals surface area contributed by atoms with E-state index in [0.29, 0.717) is 0 Å². The molecule has 2 fully saturated rings. The van der Waals surface area contributed by atoms with E-state index in [2.05, 4.69) is 29.0 Å². The van der Waals surface area contributed by atoms with Gasteiger partial charge in [0.25, 0.3) is 0 Å². The summed E-state index contributed by atoms with van der Waals surface area (Å²) in [6, 6.07) is 0.864. The van der Waals surface area contributed by atoms with E-state index in [1.165, 1.54) is 52.0 Å². The summed E-state index contributed by atoms with van der Waals surface area (Å²) in [6.45, 7) is 13.3. The summed E-state index contributed by atoms with van der Waals surface area (Å²) in [6.07, 6.45) is 4.29. The average molecular weight is 239 g/mol. The van der Waals surface area contributed by atoms with Crippen LogP contribution in [0.15, 0.2) is 0 Å². The second-order valence-electron chi connectivity index (χ2n) is 6.08. The molecule has 17 heavy (non-hydrogen) atoms. The summed E-state index contributed by atoms with van der Waals surface area (Å²) >= 11 is 0. The molecule has 1 N–H and O–H groups in total. The van der Waals surface area contributed by atoms with E-state index >= 15 is 0 Å². The first-order valence-corrected chi connectivity index (χ1v) is 7.43. The first kappa shape index (κ1) is 13.3. The molecule has 0 bridgehead atoms. The first-order chi connectivity index (χ1) is 8.25. The molecule has 3 heteroatoms. The predicted molar refractivity (Wildman–Crippen MR) is 73.4 cm³/mol. The Balaban J connectivity index is 1.62. The molecule has 2 heterocycles. The van der Waals surface area contributed by atoms with Gasteiger partial charge in [0.2, 0.25) is 0 Å². The van der Waals surface area contributed by atoms with E-state index < -0.39 is 0 Å². The van der Waals surface area contributed by atoms with Crippen molar-refractivity contribution in [1.29, 1.82) is 0 Å². The van der Waals surface area contributed by atoms with Crippen LogP contribution in [0.25, 0.3) is 0 Å². The van der Waals surface area contributed by atoms with Crippen molar-refractivity contribution in [3.8, 4) is 0 Å². The van der Waals surface area contributed by atoms with Crippen molar-refractivity contribution >= 4 is 0 Å². The van der Waals surface area contributed by atoms with Gasteiger partial charge in [-0.2, -0.15) is 0 Å². The van der Waals surface area contributed by atoms with Crippen molar-refractivity contribution in [2.24, 2.45) is 5.92 Å². The van der Waals surface area contributed by atoms with Gasteiger partial charge >= 0.3 is 0 Å². The fourth-order valence-electron chi connectivity index (χ4n) is 3.05. The second kappa shape index (κ2) is 6.72. The first-order valence-electron chi connectivity index (χ1n) is 7.43. The SMILES string of the molecule is CC(C)CNCCN1CCN2CCCCC2C1. The third kappa shape index (κ3) is 4.23. The predicted octanol–water partition coefficient (Wildman–Crippen LogP) is 1.40. The number of hydrogen-bond donors (Lipinski definition) is 1. The van der Waals surface area contributed by atoms with Crippen molar-refractivity contribution in [2.75, 3.05) is 45.8 Å². The number of piperidine rings is 1. The molecule has 1 atom stereocenters. The highest BCUT2D eigenvalue weighted by molar-refractivity contribution is 4.85. The van der Waals surface area contributed by atoms with Crippen LogP contribution in [0.3, 0.4) is 0 Å². The monoisotopic (exact) mass is 239 g/mol. The van der Waals surface area contributed by atoms with Gasteiger partial charge in [0.15, 0.2) is 0 Å². The lowest BCUT2D eigenvalue weighted by Crippen LogP contribution is -2.55. The molecule has 2 rings (SSSR count). The molecule has 0 amide bonds. The van der Waals surface area contributed by atoms with E-state index in [0.717, 1.165) is 25.0 Å². The van der Waals surface area contributed by atoms with Crippen LogP contribution in [-0.4, -0.2) is 61.7 Å². The van der Waals surface area contributed by atoms with Crippen LogP contribution >= 0.6 is 0 Å². The van der Waals surface area contributed by atoms with Gasteiger partial charge in [-0.05, 0) is 31.8 Å². The Hall–Kier alpha value is -0.120. The van der Waals surface area contributed by atoms with Crippen LogP contribution in [0.5, 0.6) is 0 Å². The summed E-state index contributed by atoms with van der Waals surface area (Å²) in [5.41, 5.74) is 0. The highest BCUT2D eigenvalue weighted by atomic mass is 15.3. The fraction of sp³-hybridized carbons (Fsp3) is 1.00. The zero-order valence-electron chi connectivity index (χ0n) is 11.6. The lowest BCUT2D eigenvalue weighted by molar-refractivity contribution is 0.0499. The molecule has 0 aromatic carbocycles. The lowest BCUT2D eigenvalue weighted by Gasteiger charge is -2.44. The fourth-order valence-corrected chi connectivity index (χ4v) is 3.05. The van der Waals surface area contributed by atoms with Crippen molar-refractivity contribution in [2.45, 2.75) is 39.2 Å². The van der Waals surface area contributed by atoms with Crippen LogP contribution in [-0.2, 0) is 0 Å². The summed E-state index contributed by atoms with van der Waals surface area (Å²) in [4.78, 5) is 5.36. The van der Waals surface area contributed by atoms with Crippen LogP contribution in [0, 0.1) is 5.92 Å². The molecule has 0 radical (unpaired) electrons. The zero-order valence-corrected chi connectivity index (χ0v) is 11.6. The third-order valence-electron chi connectivity index (χ3n) is 4.08. The van der Waals surface area contributed by atoms with Gasteiger partial charge in [-0.1, -0.05) is 20.3 Å². The Labute approximate surface area is 107 Å². The Bertz CT molecular complexity index is 218. The number of piperazine rings is 1. The van der Waals surface area contributed by atoms with E-state index in [-0.39, 0.29) is 0 Å². The molecular weight excluding hydrogens is 210 g/mol. The molecule has 3 nitrogen and oxygen atoms in total. The van der Waals surface area contributed by atoms with Gasteiger partial charge in [0.1, 0.15) is 0 Å². The molecular formula is C14H29N3. The van der Waals surface area contributed by atoms with Crippen LogP contribution in [0.2, 0.25) is 0 Å². The van der Waals surface area contributed by atoms with E-state index in [1.807, 2.05) is 0 Å². The molecule has 2 aliphatic heterocycles. The van der Waals surface area contributed by atoms with E-state index in [4.69, 9.17) is 0 Å². The van der Waals surface area contributed by atoms with Gasteiger partial charge in [0.05, 0.1) is 0 Å². The Morgan fingerprint density at radius 3 is 2.88 bits per heavy atom.